The van der Waals surface area contributed by atoms with Crippen LogP contribution in [0.25, 0.3) is 0 Å². The van der Waals surface area contributed by atoms with Crippen LogP contribution in [0.1, 0.15) is 0 Å². The second-order valence-corrected chi connectivity index (χ2v) is 8.31. The molecule has 2 heterocycles. The highest BCUT2D eigenvalue weighted by Gasteiger charge is 2.49. The Balaban J connectivity index is 2.00. The molecule has 2 aliphatic rings. The SMILES string of the molecule is N/C=N/C(N)=N\P1(=O)OCC2(CO1)COP(=O)(/N=C(N)/N=C/N)OC2. The summed E-state index contributed by atoms with van der Waals surface area (Å²) in [6.07, 6.45) is 1.77. The van der Waals surface area contributed by atoms with Crippen molar-refractivity contribution in [1.82, 2.24) is 0 Å². The normalized spacial score (nSPS) is 37.9. The van der Waals surface area contributed by atoms with Crippen molar-refractivity contribution < 1.29 is 27.2 Å². The van der Waals surface area contributed by atoms with Crippen LogP contribution in [0.3, 0.4) is 0 Å². The van der Waals surface area contributed by atoms with Crippen LogP contribution < -0.4 is 22.9 Å². The van der Waals surface area contributed by atoms with Crippen molar-refractivity contribution >= 4 is 40.1 Å². The van der Waals surface area contributed by atoms with Gasteiger partial charge in [-0.1, -0.05) is 0 Å². The van der Waals surface area contributed by atoms with Crippen LogP contribution in [0.5, 0.6) is 0 Å². The quantitative estimate of drug-likeness (QED) is 0.250. The Morgan fingerprint density at radius 2 is 1.12 bits per heavy atom. The fourth-order valence-electron chi connectivity index (χ4n) is 1.77. The van der Waals surface area contributed by atoms with Crippen molar-refractivity contribution in [2.75, 3.05) is 26.4 Å². The lowest BCUT2D eigenvalue weighted by Gasteiger charge is -2.40. The predicted octanol–water partition coefficient (Wildman–Crippen LogP) is -1.11. The van der Waals surface area contributed by atoms with Gasteiger partial charge in [0.2, 0.25) is 11.9 Å². The first-order valence-corrected chi connectivity index (χ1v) is 9.71. The zero-order chi connectivity index (χ0) is 18.6. The highest BCUT2D eigenvalue weighted by atomic mass is 31.2. The molecule has 1 spiro atoms. The third-order valence-electron chi connectivity index (χ3n) is 3.00. The van der Waals surface area contributed by atoms with E-state index in [0.29, 0.717) is 0 Å². The van der Waals surface area contributed by atoms with Crippen molar-refractivity contribution in [1.29, 1.82) is 0 Å². The van der Waals surface area contributed by atoms with Gasteiger partial charge < -0.3 is 22.9 Å². The second kappa shape index (κ2) is 7.60. The van der Waals surface area contributed by atoms with Crippen LogP contribution in [0.15, 0.2) is 19.5 Å². The maximum absolute atomic E-state index is 12.3. The van der Waals surface area contributed by atoms with Crippen LogP contribution in [-0.4, -0.2) is 51.0 Å². The molecule has 0 unspecified atom stereocenters. The summed E-state index contributed by atoms with van der Waals surface area (Å²) in [7, 11) is -7.65. The molecule has 0 radical (unpaired) electrons. The van der Waals surface area contributed by atoms with Crippen molar-refractivity contribution in [2.24, 2.45) is 47.9 Å². The van der Waals surface area contributed by atoms with E-state index in [0.717, 1.165) is 12.7 Å². The molecule has 2 saturated heterocycles. The highest BCUT2D eigenvalue weighted by Crippen LogP contribution is 2.60. The summed E-state index contributed by atoms with van der Waals surface area (Å²) in [6, 6.07) is 0. The van der Waals surface area contributed by atoms with Crippen LogP contribution in [-0.2, 0) is 27.2 Å². The Bertz CT molecular complexity index is 633. The first kappa shape index (κ1) is 19.5. The van der Waals surface area contributed by atoms with Gasteiger partial charge in [0.05, 0.1) is 44.5 Å². The maximum atomic E-state index is 12.3. The van der Waals surface area contributed by atoms with Gasteiger partial charge in [-0.15, -0.1) is 9.53 Å². The largest absolute Gasteiger partial charge is 0.457 e. The molecule has 0 aromatic rings. The number of hydrogen-bond acceptors (Lipinski definition) is 6. The van der Waals surface area contributed by atoms with E-state index < -0.39 is 20.9 Å². The number of rotatable bonds is 2. The average molecular weight is 396 g/mol. The molecule has 0 aliphatic carbocycles. The van der Waals surface area contributed by atoms with Gasteiger partial charge in [-0.25, -0.2) is 19.1 Å². The Labute approximate surface area is 142 Å². The number of aliphatic imine (C=N–C) groups is 2. The summed E-state index contributed by atoms with van der Waals surface area (Å²) in [5, 5.41) is 0. The van der Waals surface area contributed by atoms with Crippen LogP contribution in [0.4, 0.5) is 0 Å². The molecule has 0 bridgehead atoms. The summed E-state index contributed by atoms with van der Waals surface area (Å²) in [4.78, 5) is 6.89. The third kappa shape index (κ3) is 5.08. The summed E-state index contributed by atoms with van der Waals surface area (Å²) in [5.41, 5.74) is 20.0. The Hall–Kier alpha value is -1.82. The minimum atomic E-state index is -3.82. The summed E-state index contributed by atoms with van der Waals surface area (Å²) >= 11 is 0. The van der Waals surface area contributed by atoms with Gasteiger partial charge >= 0.3 is 15.5 Å². The van der Waals surface area contributed by atoms with Gasteiger partial charge in [0, 0.05) is 0 Å². The molecular weight excluding hydrogens is 378 g/mol. The Kier molecular flexibility index (Phi) is 5.93. The molecule has 2 rings (SSSR count). The zero-order valence-corrected chi connectivity index (χ0v) is 14.7. The molecule has 140 valence electrons. The highest BCUT2D eigenvalue weighted by molar-refractivity contribution is 7.53. The molecule has 16 heteroatoms. The molecular formula is C9H18N8O6P2. The van der Waals surface area contributed by atoms with Crippen molar-refractivity contribution in [3.05, 3.63) is 0 Å². The molecule has 0 aromatic carbocycles. The fourth-order valence-corrected chi connectivity index (χ4v) is 4.50. The van der Waals surface area contributed by atoms with Gasteiger partial charge in [-0.2, -0.15) is 0 Å². The minimum Gasteiger partial charge on any atom is -0.390 e. The monoisotopic (exact) mass is 396 g/mol. The van der Waals surface area contributed by atoms with E-state index >= 15 is 0 Å². The van der Waals surface area contributed by atoms with Crippen molar-refractivity contribution in [2.45, 2.75) is 0 Å². The predicted molar refractivity (Wildman–Crippen MR) is 90.1 cm³/mol. The number of nitrogens with two attached hydrogens (primary N) is 4. The van der Waals surface area contributed by atoms with Crippen LogP contribution >= 0.6 is 15.5 Å². The molecule has 2 fully saturated rings. The Morgan fingerprint density at radius 1 is 0.800 bits per heavy atom. The first-order chi connectivity index (χ1) is 11.7. The third-order valence-corrected chi connectivity index (χ3v) is 5.72. The summed E-state index contributed by atoms with van der Waals surface area (Å²) < 4.78 is 52.3. The lowest BCUT2D eigenvalue weighted by Crippen LogP contribution is -2.45. The summed E-state index contributed by atoms with van der Waals surface area (Å²) in [6.45, 7) is -0.414. The first-order valence-electron chi connectivity index (χ1n) is 6.72. The van der Waals surface area contributed by atoms with Crippen molar-refractivity contribution in [3.63, 3.8) is 0 Å². The van der Waals surface area contributed by atoms with E-state index in [-0.39, 0.29) is 38.3 Å². The smallest absolute Gasteiger partial charge is 0.390 e. The molecule has 0 atom stereocenters. The maximum Gasteiger partial charge on any atom is 0.457 e. The van der Waals surface area contributed by atoms with Crippen LogP contribution in [0.2, 0.25) is 0 Å². The van der Waals surface area contributed by atoms with Gasteiger partial charge in [0.1, 0.15) is 0 Å². The number of nitrogens with zero attached hydrogens (tertiary/aromatic N) is 4. The summed E-state index contributed by atoms with van der Waals surface area (Å²) in [5.74, 6) is -0.708. The standard InChI is InChI=1S/C9H18N8O6P2/c10-5-14-7(12)16-24(18)20-1-9(2-21-24)3-22-25(19,23-4-9)17-8(13)15-6-11/h5-6H,1-4H2,(H4,10,12,14,16,18)(H4,11,13,15,17,19). The van der Waals surface area contributed by atoms with Gasteiger partial charge in [0.15, 0.2) is 0 Å². The number of hydrogen-bond donors (Lipinski definition) is 4. The van der Waals surface area contributed by atoms with E-state index in [4.69, 9.17) is 41.0 Å². The van der Waals surface area contributed by atoms with Crippen LogP contribution in [0, 0.1) is 5.41 Å². The number of guanidine groups is 2. The van der Waals surface area contributed by atoms with E-state index in [1.54, 1.807) is 0 Å². The van der Waals surface area contributed by atoms with Gasteiger partial charge in [-0.05, 0) is 0 Å². The second-order valence-electron chi connectivity index (χ2n) is 5.00. The van der Waals surface area contributed by atoms with E-state index in [1.807, 2.05) is 0 Å². The van der Waals surface area contributed by atoms with Gasteiger partial charge in [-0.3, -0.25) is 18.1 Å². The van der Waals surface area contributed by atoms with Crippen molar-refractivity contribution in [3.8, 4) is 0 Å². The lowest BCUT2D eigenvalue weighted by atomic mass is 9.93. The average Bonchev–Trinajstić information content (AvgIpc) is 2.54. The zero-order valence-electron chi connectivity index (χ0n) is 12.9. The Morgan fingerprint density at radius 3 is 1.40 bits per heavy atom. The fraction of sp³-hybridized carbons (Fsp3) is 0.556. The molecule has 0 aromatic heterocycles. The molecule has 25 heavy (non-hydrogen) atoms. The van der Waals surface area contributed by atoms with E-state index in [1.165, 1.54) is 0 Å². The van der Waals surface area contributed by atoms with Gasteiger partial charge in [0.25, 0.3) is 0 Å². The molecule has 2 aliphatic heterocycles. The molecule has 14 nitrogen and oxygen atoms in total. The topological polar surface area (TPSA) is 225 Å². The van der Waals surface area contributed by atoms with E-state index in [9.17, 15) is 9.13 Å². The molecule has 0 saturated carbocycles. The van der Waals surface area contributed by atoms with E-state index in [2.05, 4.69) is 19.5 Å². The lowest BCUT2D eigenvalue weighted by molar-refractivity contribution is -0.0683. The minimum absolute atomic E-state index is 0.104. The molecule has 0 amide bonds. The molecule has 8 N–H and O–H groups in total.